The van der Waals surface area contributed by atoms with Crippen LogP contribution >= 0.6 is 0 Å². The van der Waals surface area contributed by atoms with Crippen LogP contribution in [0.2, 0.25) is 0 Å². The fourth-order valence-corrected chi connectivity index (χ4v) is 2.85. The molecule has 2 aromatic rings. The molecule has 1 aromatic heterocycles. The number of carbonyl (C=O) groups is 1. The largest absolute Gasteiger partial charge is 0.398 e. The SMILES string of the molecule is Cc1cccnc1CC(=O)N1CCCc2c(N)cccc21. The molecule has 1 amide bonds. The van der Waals surface area contributed by atoms with Crippen molar-refractivity contribution in [3.05, 3.63) is 53.3 Å². The van der Waals surface area contributed by atoms with Gasteiger partial charge in [0, 0.05) is 24.1 Å². The predicted molar refractivity (Wildman–Crippen MR) is 84.2 cm³/mol. The first kappa shape index (κ1) is 13.6. The Hall–Kier alpha value is -2.36. The molecule has 1 aromatic carbocycles. The van der Waals surface area contributed by atoms with E-state index >= 15 is 0 Å². The number of hydrogen-bond donors (Lipinski definition) is 1. The van der Waals surface area contributed by atoms with E-state index in [4.69, 9.17) is 5.73 Å². The minimum absolute atomic E-state index is 0.0864. The summed E-state index contributed by atoms with van der Waals surface area (Å²) in [6.45, 7) is 2.74. The summed E-state index contributed by atoms with van der Waals surface area (Å²) in [6, 6.07) is 9.66. The molecule has 4 heteroatoms. The Bertz CT molecular complexity index is 681. The van der Waals surface area contributed by atoms with Crippen molar-refractivity contribution in [2.24, 2.45) is 0 Å². The second-order valence-corrected chi connectivity index (χ2v) is 5.44. The van der Waals surface area contributed by atoms with E-state index in [1.165, 1.54) is 0 Å². The van der Waals surface area contributed by atoms with Crippen molar-refractivity contribution < 1.29 is 4.79 Å². The zero-order valence-electron chi connectivity index (χ0n) is 12.2. The van der Waals surface area contributed by atoms with E-state index in [2.05, 4.69) is 4.98 Å². The van der Waals surface area contributed by atoms with Crippen LogP contribution in [0.3, 0.4) is 0 Å². The number of anilines is 2. The van der Waals surface area contributed by atoms with Crippen LogP contribution in [0.25, 0.3) is 0 Å². The first-order valence-electron chi connectivity index (χ1n) is 7.25. The fourth-order valence-electron chi connectivity index (χ4n) is 2.85. The van der Waals surface area contributed by atoms with E-state index < -0.39 is 0 Å². The Morgan fingerprint density at radius 2 is 2.19 bits per heavy atom. The molecule has 0 radical (unpaired) electrons. The summed E-state index contributed by atoms with van der Waals surface area (Å²) in [6.07, 6.45) is 3.96. The Morgan fingerprint density at radius 1 is 1.33 bits per heavy atom. The van der Waals surface area contributed by atoms with Gasteiger partial charge < -0.3 is 10.6 Å². The van der Waals surface area contributed by atoms with E-state index in [0.717, 1.165) is 47.6 Å². The second kappa shape index (κ2) is 5.56. The Balaban J connectivity index is 1.87. The topological polar surface area (TPSA) is 59.2 Å². The standard InChI is InChI=1S/C17H19N3O/c1-12-5-3-9-19-15(12)11-17(21)20-10-4-6-13-14(18)7-2-8-16(13)20/h2-3,5,7-9H,4,6,10-11,18H2,1H3. The molecule has 2 N–H and O–H groups in total. The molecule has 0 bridgehead atoms. The minimum atomic E-state index is 0.0864. The number of aromatic nitrogens is 1. The van der Waals surface area contributed by atoms with Gasteiger partial charge in [-0.25, -0.2) is 0 Å². The first-order valence-corrected chi connectivity index (χ1v) is 7.25. The number of pyridine rings is 1. The predicted octanol–water partition coefficient (Wildman–Crippen LogP) is 2.49. The summed E-state index contributed by atoms with van der Waals surface area (Å²) in [7, 11) is 0. The summed E-state index contributed by atoms with van der Waals surface area (Å²) in [5.41, 5.74) is 10.8. The van der Waals surface area contributed by atoms with Crippen LogP contribution in [0.15, 0.2) is 36.5 Å². The van der Waals surface area contributed by atoms with Gasteiger partial charge in [-0.2, -0.15) is 0 Å². The molecule has 0 spiro atoms. The highest BCUT2D eigenvalue weighted by Gasteiger charge is 2.24. The lowest BCUT2D eigenvalue weighted by atomic mass is 9.99. The normalized spacial score (nSPS) is 13.9. The highest BCUT2D eigenvalue weighted by atomic mass is 16.2. The molecule has 0 aliphatic carbocycles. The van der Waals surface area contributed by atoms with Crippen molar-refractivity contribution in [3.8, 4) is 0 Å². The fraction of sp³-hybridized carbons (Fsp3) is 0.294. The Morgan fingerprint density at radius 3 is 3.00 bits per heavy atom. The molecule has 4 nitrogen and oxygen atoms in total. The van der Waals surface area contributed by atoms with E-state index in [1.54, 1.807) is 6.20 Å². The van der Waals surface area contributed by atoms with Gasteiger partial charge in [0.15, 0.2) is 0 Å². The molecule has 0 atom stereocenters. The number of rotatable bonds is 2. The van der Waals surface area contributed by atoms with E-state index in [-0.39, 0.29) is 5.91 Å². The highest BCUT2D eigenvalue weighted by Crippen LogP contribution is 2.31. The van der Waals surface area contributed by atoms with Crippen molar-refractivity contribution in [2.45, 2.75) is 26.2 Å². The van der Waals surface area contributed by atoms with Crippen molar-refractivity contribution in [3.63, 3.8) is 0 Å². The van der Waals surface area contributed by atoms with E-state index in [9.17, 15) is 4.79 Å². The third-order valence-corrected chi connectivity index (χ3v) is 4.02. The maximum absolute atomic E-state index is 12.6. The summed E-state index contributed by atoms with van der Waals surface area (Å²) in [4.78, 5) is 18.8. The van der Waals surface area contributed by atoms with Gasteiger partial charge in [-0.3, -0.25) is 9.78 Å². The number of benzene rings is 1. The van der Waals surface area contributed by atoms with Gasteiger partial charge in [0.1, 0.15) is 0 Å². The number of nitrogens with zero attached hydrogens (tertiary/aromatic N) is 2. The molecule has 0 fully saturated rings. The Kier molecular flexibility index (Phi) is 3.60. The number of fused-ring (bicyclic) bond motifs is 1. The molecule has 1 aliphatic heterocycles. The average Bonchev–Trinajstić information content (AvgIpc) is 2.49. The molecule has 2 heterocycles. The lowest BCUT2D eigenvalue weighted by molar-refractivity contribution is -0.118. The molecule has 3 rings (SSSR count). The molecule has 0 unspecified atom stereocenters. The molecular formula is C17H19N3O. The van der Waals surface area contributed by atoms with Crippen molar-refractivity contribution >= 4 is 17.3 Å². The average molecular weight is 281 g/mol. The molecule has 108 valence electrons. The number of amides is 1. The molecule has 1 aliphatic rings. The van der Waals surface area contributed by atoms with Crippen LogP contribution < -0.4 is 10.6 Å². The van der Waals surface area contributed by atoms with Gasteiger partial charge in [-0.1, -0.05) is 12.1 Å². The van der Waals surface area contributed by atoms with Crippen LogP contribution in [0.4, 0.5) is 11.4 Å². The van der Waals surface area contributed by atoms with Crippen LogP contribution in [-0.4, -0.2) is 17.4 Å². The molecule has 0 saturated heterocycles. The van der Waals surface area contributed by atoms with Gasteiger partial charge in [-0.15, -0.1) is 0 Å². The summed E-state index contributed by atoms with van der Waals surface area (Å²) >= 11 is 0. The summed E-state index contributed by atoms with van der Waals surface area (Å²) < 4.78 is 0. The molecule has 21 heavy (non-hydrogen) atoms. The van der Waals surface area contributed by atoms with E-state index in [0.29, 0.717) is 6.42 Å². The number of nitrogens with two attached hydrogens (primary N) is 1. The second-order valence-electron chi connectivity index (χ2n) is 5.44. The maximum Gasteiger partial charge on any atom is 0.233 e. The maximum atomic E-state index is 12.6. The van der Waals surface area contributed by atoms with Crippen LogP contribution in [0, 0.1) is 6.92 Å². The summed E-state index contributed by atoms with van der Waals surface area (Å²) in [5.74, 6) is 0.0864. The lowest BCUT2D eigenvalue weighted by Gasteiger charge is -2.30. The number of hydrogen-bond acceptors (Lipinski definition) is 3. The quantitative estimate of drug-likeness (QED) is 0.860. The number of nitrogen functional groups attached to an aromatic ring is 1. The zero-order chi connectivity index (χ0) is 14.8. The van der Waals surface area contributed by atoms with Crippen LogP contribution in [0.1, 0.15) is 23.2 Å². The zero-order valence-corrected chi connectivity index (χ0v) is 12.2. The summed E-state index contributed by atoms with van der Waals surface area (Å²) in [5, 5.41) is 0. The number of carbonyl (C=O) groups excluding carboxylic acids is 1. The third-order valence-electron chi connectivity index (χ3n) is 4.02. The third kappa shape index (κ3) is 2.61. The minimum Gasteiger partial charge on any atom is -0.398 e. The van der Waals surface area contributed by atoms with Crippen LogP contribution in [0.5, 0.6) is 0 Å². The number of aryl methyl sites for hydroxylation is 1. The van der Waals surface area contributed by atoms with Crippen LogP contribution in [-0.2, 0) is 17.6 Å². The lowest BCUT2D eigenvalue weighted by Crippen LogP contribution is -2.37. The monoisotopic (exact) mass is 281 g/mol. The molecular weight excluding hydrogens is 262 g/mol. The van der Waals surface area contributed by atoms with Gasteiger partial charge >= 0.3 is 0 Å². The van der Waals surface area contributed by atoms with Gasteiger partial charge in [0.05, 0.1) is 12.1 Å². The van der Waals surface area contributed by atoms with Crippen molar-refractivity contribution in [1.82, 2.24) is 4.98 Å². The van der Waals surface area contributed by atoms with E-state index in [1.807, 2.05) is 42.2 Å². The highest BCUT2D eigenvalue weighted by molar-refractivity contribution is 5.96. The van der Waals surface area contributed by atoms with Gasteiger partial charge in [0.2, 0.25) is 5.91 Å². The smallest absolute Gasteiger partial charge is 0.233 e. The molecule has 0 saturated carbocycles. The first-order chi connectivity index (χ1) is 10.2. The Labute approximate surface area is 124 Å². The van der Waals surface area contributed by atoms with Crippen molar-refractivity contribution in [1.29, 1.82) is 0 Å². The van der Waals surface area contributed by atoms with Gasteiger partial charge in [0.25, 0.3) is 0 Å². The van der Waals surface area contributed by atoms with Gasteiger partial charge in [-0.05, 0) is 49.1 Å². The van der Waals surface area contributed by atoms with Crippen molar-refractivity contribution in [2.75, 3.05) is 17.2 Å².